The largest absolute Gasteiger partial charge is 0.324 e. The highest BCUT2D eigenvalue weighted by Gasteiger charge is 2.09. The van der Waals surface area contributed by atoms with Crippen LogP contribution in [0.5, 0.6) is 0 Å². The van der Waals surface area contributed by atoms with E-state index in [4.69, 9.17) is 0 Å². The summed E-state index contributed by atoms with van der Waals surface area (Å²) in [6.07, 6.45) is 1.65. The molecule has 6 nitrogen and oxygen atoms in total. The Labute approximate surface area is 146 Å². The van der Waals surface area contributed by atoms with Crippen LogP contribution >= 0.6 is 0 Å². The lowest BCUT2D eigenvalue weighted by molar-refractivity contribution is 0.102. The van der Waals surface area contributed by atoms with Gasteiger partial charge in [-0.05, 0) is 56.7 Å². The fourth-order valence-electron chi connectivity index (χ4n) is 2.45. The molecule has 6 heteroatoms. The van der Waals surface area contributed by atoms with Crippen molar-refractivity contribution in [1.82, 2.24) is 15.0 Å². The third-order valence-electron chi connectivity index (χ3n) is 3.60. The Kier molecular flexibility index (Phi) is 4.70. The van der Waals surface area contributed by atoms with Crippen LogP contribution < -0.4 is 10.6 Å². The predicted molar refractivity (Wildman–Crippen MR) is 98.2 cm³/mol. The van der Waals surface area contributed by atoms with Crippen molar-refractivity contribution >= 4 is 23.4 Å². The number of aromatic nitrogens is 3. The first kappa shape index (κ1) is 16.6. The van der Waals surface area contributed by atoms with E-state index in [0.717, 1.165) is 22.6 Å². The van der Waals surface area contributed by atoms with Gasteiger partial charge in [-0.3, -0.25) is 4.79 Å². The Hall–Kier alpha value is -3.28. The van der Waals surface area contributed by atoms with Gasteiger partial charge >= 0.3 is 0 Å². The van der Waals surface area contributed by atoms with E-state index in [1.807, 2.05) is 51.1 Å². The van der Waals surface area contributed by atoms with E-state index in [1.54, 1.807) is 18.3 Å². The molecule has 0 saturated heterocycles. The smallest absolute Gasteiger partial charge is 0.256 e. The van der Waals surface area contributed by atoms with Crippen LogP contribution in [-0.2, 0) is 0 Å². The van der Waals surface area contributed by atoms with Crippen LogP contribution in [0.25, 0.3) is 0 Å². The van der Waals surface area contributed by atoms with E-state index in [9.17, 15) is 4.79 Å². The standard InChI is InChI=1S/C19H19N5O/c1-12-6-5-9-20-17(12)24-18(25)15-7-4-8-16(11-15)23-19-21-13(2)10-14(3)22-19/h4-11H,1-3H3,(H,20,24,25)(H,21,22,23). The molecule has 3 aromatic rings. The summed E-state index contributed by atoms with van der Waals surface area (Å²) < 4.78 is 0. The second-order valence-corrected chi connectivity index (χ2v) is 5.80. The van der Waals surface area contributed by atoms with Crippen LogP contribution in [0.3, 0.4) is 0 Å². The second-order valence-electron chi connectivity index (χ2n) is 5.80. The molecule has 1 amide bonds. The lowest BCUT2D eigenvalue weighted by Gasteiger charge is -2.10. The zero-order chi connectivity index (χ0) is 17.8. The van der Waals surface area contributed by atoms with Crippen molar-refractivity contribution in [3.8, 4) is 0 Å². The molecule has 0 fully saturated rings. The number of nitrogens with zero attached hydrogens (tertiary/aromatic N) is 3. The maximum Gasteiger partial charge on any atom is 0.256 e. The number of carbonyl (C=O) groups excluding carboxylic acids is 1. The van der Waals surface area contributed by atoms with Crippen molar-refractivity contribution in [3.63, 3.8) is 0 Å². The molecule has 0 aliphatic carbocycles. The minimum absolute atomic E-state index is 0.216. The van der Waals surface area contributed by atoms with Gasteiger partial charge in [0.25, 0.3) is 5.91 Å². The maximum absolute atomic E-state index is 12.5. The molecular weight excluding hydrogens is 314 g/mol. The Morgan fingerprint density at radius 1 is 0.960 bits per heavy atom. The Morgan fingerprint density at radius 2 is 1.72 bits per heavy atom. The lowest BCUT2D eigenvalue weighted by Crippen LogP contribution is -2.14. The van der Waals surface area contributed by atoms with Gasteiger partial charge < -0.3 is 10.6 Å². The fourth-order valence-corrected chi connectivity index (χ4v) is 2.45. The molecule has 0 bridgehead atoms. The van der Waals surface area contributed by atoms with Crippen LogP contribution in [-0.4, -0.2) is 20.9 Å². The molecule has 2 heterocycles. The summed E-state index contributed by atoms with van der Waals surface area (Å²) >= 11 is 0. The van der Waals surface area contributed by atoms with Crippen molar-refractivity contribution in [2.24, 2.45) is 0 Å². The summed E-state index contributed by atoms with van der Waals surface area (Å²) in [4.78, 5) is 25.4. The van der Waals surface area contributed by atoms with Gasteiger partial charge in [-0.1, -0.05) is 12.1 Å². The third kappa shape index (κ3) is 4.17. The minimum Gasteiger partial charge on any atom is -0.324 e. The Morgan fingerprint density at radius 3 is 2.44 bits per heavy atom. The zero-order valence-electron chi connectivity index (χ0n) is 14.4. The number of amides is 1. The molecule has 126 valence electrons. The van der Waals surface area contributed by atoms with Gasteiger partial charge in [0.1, 0.15) is 5.82 Å². The van der Waals surface area contributed by atoms with E-state index >= 15 is 0 Å². The third-order valence-corrected chi connectivity index (χ3v) is 3.60. The number of benzene rings is 1. The summed E-state index contributed by atoms with van der Waals surface area (Å²) in [5, 5.41) is 5.96. The first-order valence-corrected chi connectivity index (χ1v) is 7.93. The highest BCUT2D eigenvalue weighted by Crippen LogP contribution is 2.17. The van der Waals surface area contributed by atoms with E-state index in [-0.39, 0.29) is 5.91 Å². The SMILES string of the molecule is Cc1cc(C)nc(Nc2cccc(C(=O)Nc3ncccc3C)c2)n1. The molecule has 2 N–H and O–H groups in total. The van der Waals surface area contributed by atoms with Crippen molar-refractivity contribution in [2.45, 2.75) is 20.8 Å². The zero-order valence-corrected chi connectivity index (χ0v) is 14.4. The summed E-state index contributed by atoms with van der Waals surface area (Å²) in [5.41, 5.74) is 3.95. The molecule has 0 saturated carbocycles. The first-order chi connectivity index (χ1) is 12.0. The van der Waals surface area contributed by atoms with Crippen LogP contribution in [0, 0.1) is 20.8 Å². The summed E-state index contributed by atoms with van der Waals surface area (Å²) in [5.74, 6) is 0.853. The Balaban J connectivity index is 1.79. The average Bonchev–Trinajstić information content (AvgIpc) is 2.56. The molecular formula is C19H19N5O. The van der Waals surface area contributed by atoms with E-state index in [1.165, 1.54) is 0 Å². The van der Waals surface area contributed by atoms with Gasteiger partial charge in [0.2, 0.25) is 5.95 Å². The molecule has 0 atom stereocenters. The van der Waals surface area contributed by atoms with Crippen LogP contribution in [0.1, 0.15) is 27.3 Å². The van der Waals surface area contributed by atoms with Gasteiger partial charge in [-0.15, -0.1) is 0 Å². The van der Waals surface area contributed by atoms with E-state index in [0.29, 0.717) is 17.3 Å². The molecule has 25 heavy (non-hydrogen) atoms. The molecule has 3 rings (SSSR count). The van der Waals surface area contributed by atoms with Gasteiger partial charge in [0, 0.05) is 28.8 Å². The van der Waals surface area contributed by atoms with Gasteiger partial charge in [-0.25, -0.2) is 15.0 Å². The quantitative estimate of drug-likeness (QED) is 0.759. The molecule has 0 unspecified atom stereocenters. The number of aryl methyl sites for hydroxylation is 3. The highest BCUT2D eigenvalue weighted by atomic mass is 16.1. The van der Waals surface area contributed by atoms with Crippen molar-refractivity contribution in [2.75, 3.05) is 10.6 Å². The minimum atomic E-state index is -0.216. The van der Waals surface area contributed by atoms with Crippen molar-refractivity contribution in [1.29, 1.82) is 0 Å². The van der Waals surface area contributed by atoms with Gasteiger partial charge in [0.15, 0.2) is 0 Å². The molecule has 0 aliphatic heterocycles. The number of hydrogen-bond acceptors (Lipinski definition) is 5. The number of anilines is 3. The van der Waals surface area contributed by atoms with E-state index in [2.05, 4.69) is 25.6 Å². The normalized spacial score (nSPS) is 10.4. The average molecular weight is 333 g/mol. The topological polar surface area (TPSA) is 79.8 Å². The molecule has 1 aromatic carbocycles. The number of hydrogen-bond donors (Lipinski definition) is 2. The van der Waals surface area contributed by atoms with Crippen LogP contribution in [0.15, 0.2) is 48.7 Å². The summed E-state index contributed by atoms with van der Waals surface area (Å²) in [7, 11) is 0. The molecule has 2 aromatic heterocycles. The van der Waals surface area contributed by atoms with Gasteiger partial charge in [-0.2, -0.15) is 0 Å². The van der Waals surface area contributed by atoms with Crippen molar-refractivity contribution < 1.29 is 4.79 Å². The number of rotatable bonds is 4. The first-order valence-electron chi connectivity index (χ1n) is 7.93. The van der Waals surface area contributed by atoms with Crippen LogP contribution in [0.2, 0.25) is 0 Å². The predicted octanol–water partition coefficient (Wildman–Crippen LogP) is 3.79. The van der Waals surface area contributed by atoms with Crippen molar-refractivity contribution in [3.05, 3.63) is 71.2 Å². The van der Waals surface area contributed by atoms with E-state index < -0.39 is 0 Å². The van der Waals surface area contributed by atoms with Gasteiger partial charge in [0.05, 0.1) is 0 Å². The molecule has 0 aliphatic rings. The lowest BCUT2D eigenvalue weighted by atomic mass is 10.2. The second kappa shape index (κ2) is 7.09. The number of carbonyl (C=O) groups is 1. The summed E-state index contributed by atoms with van der Waals surface area (Å²) in [6.45, 7) is 5.73. The molecule has 0 spiro atoms. The monoisotopic (exact) mass is 333 g/mol. The molecule has 0 radical (unpaired) electrons. The highest BCUT2D eigenvalue weighted by molar-refractivity contribution is 6.04. The Bertz CT molecular complexity index is 903. The fraction of sp³-hybridized carbons (Fsp3) is 0.158. The number of pyridine rings is 1. The number of nitrogens with one attached hydrogen (secondary N) is 2. The summed E-state index contributed by atoms with van der Waals surface area (Å²) in [6, 6.07) is 12.8. The van der Waals surface area contributed by atoms with Crippen LogP contribution in [0.4, 0.5) is 17.5 Å². The maximum atomic E-state index is 12.5.